The summed E-state index contributed by atoms with van der Waals surface area (Å²) in [5, 5.41) is 3.04. The van der Waals surface area contributed by atoms with E-state index >= 15 is 0 Å². The Bertz CT molecular complexity index is 221. The number of nitrogen functional groups attached to an aromatic ring is 1. The fraction of sp³-hybridized carbons (Fsp3) is 0.333. The van der Waals surface area contributed by atoms with E-state index in [2.05, 4.69) is 18.3 Å². The second-order valence-corrected chi connectivity index (χ2v) is 2.48. The molecule has 1 aromatic carbocycles. The van der Waals surface area contributed by atoms with Crippen LogP contribution in [-0.2, 0) is 6.42 Å². The maximum absolute atomic E-state index is 5.84. The summed E-state index contributed by atoms with van der Waals surface area (Å²) in [7, 11) is 1.88. The van der Waals surface area contributed by atoms with Gasteiger partial charge in [0.1, 0.15) is 0 Å². The fourth-order valence-electron chi connectivity index (χ4n) is 1.14. The molecule has 2 heteroatoms. The van der Waals surface area contributed by atoms with E-state index in [-0.39, 0.29) is 0 Å². The predicted octanol–water partition coefficient (Wildman–Crippen LogP) is 1.87. The van der Waals surface area contributed by atoms with Crippen LogP contribution in [0.2, 0.25) is 0 Å². The minimum atomic E-state index is 0.873. The second kappa shape index (κ2) is 3.28. The molecular weight excluding hydrogens is 136 g/mol. The van der Waals surface area contributed by atoms with Crippen molar-refractivity contribution < 1.29 is 0 Å². The standard InChI is InChI=1S/C9H14N2/c1-3-7-5-4-6-8(11-2)9(7)10/h4-6,11H,3,10H2,1-2H3. The molecule has 0 bridgehead atoms. The van der Waals surface area contributed by atoms with E-state index in [1.165, 1.54) is 5.56 Å². The molecule has 0 atom stereocenters. The quantitative estimate of drug-likeness (QED) is 0.632. The molecule has 1 rings (SSSR count). The van der Waals surface area contributed by atoms with E-state index < -0.39 is 0 Å². The van der Waals surface area contributed by atoms with Gasteiger partial charge in [-0.3, -0.25) is 0 Å². The molecule has 0 saturated carbocycles. The third-order valence-corrected chi connectivity index (χ3v) is 1.85. The van der Waals surface area contributed by atoms with Crippen LogP contribution in [0.25, 0.3) is 0 Å². The lowest BCUT2D eigenvalue weighted by Crippen LogP contribution is -1.98. The molecule has 0 fully saturated rings. The minimum absolute atomic E-state index is 0.873. The summed E-state index contributed by atoms with van der Waals surface area (Å²) < 4.78 is 0. The van der Waals surface area contributed by atoms with Crippen molar-refractivity contribution in [1.29, 1.82) is 0 Å². The third-order valence-electron chi connectivity index (χ3n) is 1.85. The van der Waals surface area contributed by atoms with Gasteiger partial charge in [-0.2, -0.15) is 0 Å². The van der Waals surface area contributed by atoms with Gasteiger partial charge in [-0.1, -0.05) is 19.1 Å². The van der Waals surface area contributed by atoms with Crippen molar-refractivity contribution in [2.75, 3.05) is 18.1 Å². The molecule has 60 valence electrons. The van der Waals surface area contributed by atoms with E-state index in [4.69, 9.17) is 5.73 Å². The summed E-state index contributed by atoms with van der Waals surface area (Å²) in [5.41, 5.74) is 8.94. The summed E-state index contributed by atoms with van der Waals surface area (Å²) >= 11 is 0. The summed E-state index contributed by atoms with van der Waals surface area (Å²) in [4.78, 5) is 0. The molecule has 0 amide bonds. The van der Waals surface area contributed by atoms with Crippen molar-refractivity contribution in [1.82, 2.24) is 0 Å². The van der Waals surface area contributed by atoms with Gasteiger partial charge in [-0.25, -0.2) is 0 Å². The van der Waals surface area contributed by atoms with E-state index in [1.54, 1.807) is 0 Å². The van der Waals surface area contributed by atoms with Crippen molar-refractivity contribution >= 4 is 11.4 Å². The molecule has 0 unspecified atom stereocenters. The molecule has 0 heterocycles. The van der Waals surface area contributed by atoms with Crippen LogP contribution in [0.4, 0.5) is 11.4 Å². The fourth-order valence-corrected chi connectivity index (χ4v) is 1.14. The van der Waals surface area contributed by atoms with Gasteiger partial charge in [0.05, 0.1) is 11.4 Å². The SMILES string of the molecule is CCc1cccc(NC)c1N. The third kappa shape index (κ3) is 1.45. The highest BCUT2D eigenvalue weighted by atomic mass is 14.8. The second-order valence-electron chi connectivity index (χ2n) is 2.48. The van der Waals surface area contributed by atoms with E-state index in [9.17, 15) is 0 Å². The number of benzene rings is 1. The van der Waals surface area contributed by atoms with Gasteiger partial charge in [0.2, 0.25) is 0 Å². The number of rotatable bonds is 2. The molecule has 0 aliphatic rings. The van der Waals surface area contributed by atoms with Gasteiger partial charge >= 0.3 is 0 Å². The molecule has 0 aliphatic carbocycles. The number of hydrogen-bond donors (Lipinski definition) is 2. The van der Waals surface area contributed by atoms with Crippen molar-refractivity contribution in [2.45, 2.75) is 13.3 Å². The van der Waals surface area contributed by atoms with Crippen LogP contribution >= 0.6 is 0 Å². The van der Waals surface area contributed by atoms with Gasteiger partial charge < -0.3 is 11.1 Å². The number of aryl methyl sites for hydroxylation is 1. The first kappa shape index (κ1) is 7.92. The lowest BCUT2D eigenvalue weighted by molar-refractivity contribution is 1.14. The highest BCUT2D eigenvalue weighted by molar-refractivity contribution is 5.69. The Morgan fingerprint density at radius 2 is 2.18 bits per heavy atom. The van der Waals surface area contributed by atoms with Crippen LogP contribution < -0.4 is 11.1 Å². The van der Waals surface area contributed by atoms with Gasteiger partial charge in [-0.15, -0.1) is 0 Å². The van der Waals surface area contributed by atoms with Crippen molar-refractivity contribution in [3.05, 3.63) is 23.8 Å². The first-order valence-corrected chi connectivity index (χ1v) is 3.84. The van der Waals surface area contributed by atoms with Gasteiger partial charge in [0.25, 0.3) is 0 Å². The highest BCUT2D eigenvalue weighted by Gasteiger charge is 1.99. The molecule has 0 aliphatic heterocycles. The zero-order valence-electron chi connectivity index (χ0n) is 7.02. The maximum Gasteiger partial charge on any atom is 0.0582 e. The van der Waals surface area contributed by atoms with Crippen LogP contribution in [0, 0.1) is 0 Å². The molecular formula is C9H14N2. The number of anilines is 2. The molecule has 0 spiro atoms. The number of nitrogens with one attached hydrogen (secondary N) is 1. The predicted molar refractivity (Wildman–Crippen MR) is 49.8 cm³/mol. The van der Waals surface area contributed by atoms with Crippen molar-refractivity contribution in [2.24, 2.45) is 0 Å². The summed E-state index contributed by atoms with van der Waals surface area (Å²) in [6.45, 7) is 2.10. The van der Waals surface area contributed by atoms with Crippen LogP contribution in [0.1, 0.15) is 12.5 Å². The normalized spacial score (nSPS) is 9.64. The monoisotopic (exact) mass is 150 g/mol. The first-order valence-electron chi connectivity index (χ1n) is 3.84. The topological polar surface area (TPSA) is 38.0 Å². The largest absolute Gasteiger partial charge is 0.397 e. The summed E-state index contributed by atoms with van der Waals surface area (Å²) in [5.74, 6) is 0. The van der Waals surface area contributed by atoms with Crippen molar-refractivity contribution in [3.8, 4) is 0 Å². The maximum atomic E-state index is 5.84. The van der Waals surface area contributed by atoms with Crippen LogP contribution in [0.5, 0.6) is 0 Å². The Labute approximate surface area is 67.4 Å². The lowest BCUT2D eigenvalue weighted by Gasteiger charge is -2.07. The molecule has 3 N–H and O–H groups in total. The molecule has 11 heavy (non-hydrogen) atoms. The number of para-hydroxylation sites is 1. The average molecular weight is 150 g/mol. The lowest BCUT2D eigenvalue weighted by atomic mass is 10.1. The molecule has 1 aromatic rings. The molecule has 0 aromatic heterocycles. The summed E-state index contributed by atoms with van der Waals surface area (Å²) in [6.07, 6.45) is 0.987. The van der Waals surface area contributed by atoms with E-state index in [1.807, 2.05) is 19.2 Å². The number of nitrogens with two attached hydrogens (primary N) is 1. The molecule has 2 nitrogen and oxygen atoms in total. The van der Waals surface area contributed by atoms with Gasteiger partial charge in [0, 0.05) is 7.05 Å². The summed E-state index contributed by atoms with van der Waals surface area (Å²) in [6, 6.07) is 6.05. The number of hydrogen-bond acceptors (Lipinski definition) is 2. The van der Waals surface area contributed by atoms with E-state index in [0.29, 0.717) is 0 Å². The van der Waals surface area contributed by atoms with Crippen molar-refractivity contribution in [3.63, 3.8) is 0 Å². The first-order chi connectivity index (χ1) is 5.29. The Morgan fingerprint density at radius 3 is 2.73 bits per heavy atom. The smallest absolute Gasteiger partial charge is 0.0582 e. The minimum Gasteiger partial charge on any atom is -0.397 e. The van der Waals surface area contributed by atoms with E-state index in [0.717, 1.165) is 17.8 Å². The average Bonchev–Trinajstić information content (AvgIpc) is 2.05. The van der Waals surface area contributed by atoms with Gasteiger partial charge in [0.15, 0.2) is 0 Å². The Balaban J connectivity index is 3.10. The Hall–Kier alpha value is -1.18. The Kier molecular flexibility index (Phi) is 2.36. The van der Waals surface area contributed by atoms with Gasteiger partial charge in [-0.05, 0) is 18.1 Å². The zero-order valence-corrected chi connectivity index (χ0v) is 7.02. The molecule has 0 saturated heterocycles. The zero-order chi connectivity index (χ0) is 8.27. The van der Waals surface area contributed by atoms with Crippen LogP contribution in [-0.4, -0.2) is 7.05 Å². The molecule has 0 radical (unpaired) electrons. The van der Waals surface area contributed by atoms with Crippen LogP contribution in [0.3, 0.4) is 0 Å². The van der Waals surface area contributed by atoms with Crippen LogP contribution in [0.15, 0.2) is 18.2 Å². The highest BCUT2D eigenvalue weighted by Crippen LogP contribution is 2.21. The Morgan fingerprint density at radius 1 is 1.45 bits per heavy atom.